The van der Waals surface area contributed by atoms with E-state index in [9.17, 15) is 15.0 Å². The van der Waals surface area contributed by atoms with Gasteiger partial charge in [0, 0.05) is 5.02 Å². The van der Waals surface area contributed by atoms with E-state index in [0.717, 1.165) is 24.0 Å². The second-order valence-corrected chi connectivity index (χ2v) is 6.74. The average molecular weight is 309 g/mol. The quantitative estimate of drug-likeness (QED) is 0.797. The molecule has 0 saturated heterocycles. The predicted octanol–water partition coefficient (Wildman–Crippen LogP) is 4.38. The van der Waals surface area contributed by atoms with Gasteiger partial charge in [0.2, 0.25) is 0 Å². The Kier molecular flexibility index (Phi) is 4.23. The summed E-state index contributed by atoms with van der Waals surface area (Å²) in [6.45, 7) is 0. The van der Waals surface area contributed by atoms with Gasteiger partial charge in [-0.2, -0.15) is 0 Å². The normalized spacial score (nSPS) is 26.4. The van der Waals surface area contributed by atoms with Crippen molar-refractivity contribution in [2.75, 3.05) is 0 Å². The molecular formula is C17H21ClO3. The lowest BCUT2D eigenvalue weighted by molar-refractivity contribution is -0.139. The van der Waals surface area contributed by atoms with Crippen molar-refractivity contribution in [1.82, 2.24) is 0 Å². The number of carboxylic acids is 1. The minimum Gasteiger partial charge on any atom is -0.481 e. The highest BCUT2D eigenvalue weighted by molar-refractivity contribution is 6.31. The summed E-state index contributed by atoms with van der Waals surface area (Å²) in [4.78, 5) is 11.3. The molecule has 4 heteroatoms. The molecule has 2 unspecified atom stereocenters. The highest BCUT2D eigenvalue weighted by atomic mass is 35.5. The van der Waals surface area contributed by atoms with Gasteiger partial charge in [-0.1, -0.05) is 43.4 Å². The van der Waals surface area contributed by atoms with Gasteiger partial charge in [0.15, 0.2) is 0 Å². The molecule has 2 atom stereocenters. The molecule has 2 aliphatic rings. The van der Waals surface area contributed by atoms with Crippen LogP contribution >= 0.6 is 11.6 Å². The van der Waals surface area contributed by atoms with Crippen molar-refractivity contribution in [3.05, 3.63) is 33.8 Å². The summed E-state index contributed by atoms with van der Waals surface area (Å²) in [6, 6.07) is 3.76. The largest absolute Gasteiger partial charge is 0.481 e. The Hall–Kier alpha value is -1.06. The molecule has 1 fully saturated rings. The van der Waals surface area contributed by atoms with Crippen LogP contribution in [0.15, 0.2) is 12.1 Å². The summed E-state index contributed by atoms with van der Waals surface area (Å²) in [7, 11) is 0. The van der Waals surface area contributed by atoms with Crippen LogP contribution in [0.4, 0.5) is 0 Å². The molecule has 0 aromatic heterocycles. The number of aliphatic carboxylic acids is 1. The number of hydrogen-bond acceptors (Lipinski definition) is 2. The topological polar surface area (TPSA) is 57.5 Å². The van der Waals surface area contributed by atoms with Gasteiger partial charge in [-0.05, 0) is 47.9 Å². The summed E-state index contributed by atoms with van der Waals surface area (Å²) < 4.78 is 0. The van der Waals surface area contributed by atoms with E-state index in [1.165, 1.54) is 25.7 Å². The lowest BCUT2D eigenvalue weighted by Crippen LogP contribution is -2.08. The lowest BCUT2D eigenvalue weighted by atomic mass is 9.89. The molecule has 0 aliphatic heterocycles. The highest BCUT2D eigenvalue weighted by Crippen LogP contribution is 2.45. The molecule has 114 valence electrons. The second-order valence-electron chi connectivity index (χ2n) is 6.33. The molecule has 0 amide bonds. The molecule has 0 spiro atoms. The minimum atomic E-state index is -0.883. The number of halogens is 1. The number of hydrogen-bond donors (Lipinski definition) is 2. The van der Waals surface area contributed by atoms with Gasteiger partial charge in [-0.15, -0.1) is 0 Å². The molecular weight excluding hydrogens is 288 g/mol. The first-order valence-electron chi connectivity index (χ1n) is 7.82. The van der Waals surface area contributed by atoms with E-state index in [-0.39, 0.29) is 6.42 Å². The van der Waals surface area contributed by atoms with E-state index in [4.69, 9.17) is 11.6 Å². The maximum atomic E-state index is 11.3. The molecule has 3 rings (SSSR count). The first kappa shape index (κ1) is 14.9. The van der Waals surface area contributed by atoms with Crippen molar-refractivity contribution in [2.24, 2.45) is 0 Å². The summed E-state index contributed by atoms with van der Waals surface area (Å²) in [5.41, 5.74) is 2.56. The van der Waals surface area contributed by atoms with E-state index in [0.29, 0.717) is 16.5 Å². The standard InChI is InChI=1S/C17H21ClO3/c18-15-8-12-13(16(19)9-14(12)17(20)21)7-11(15)10-5-3-1-2-4-6-10/h7-8,10,14,16,19H,1-6,9H2,(H,20,21). The fourth-order valence-electron chi connectivity index (χ4n) is 3.83. The Bertz CT molecular complexity index is 547. The fraction of sp³-hybridized carbons (Fsp3) is 0.588. The van der Waals surface area contributed by atoms with Gasteiger partial charge >= 0.3 is 5.97 Å². The lowest BCUT2D eigenvalue weighted by Gasteiger charge is -2.18. The van der Waals surface area contributed by atoms with Gasteiger partial charge in [0.1, 0.15) is 0 Å². The Morgan fingerprint density at radius 2 is 1.71 bits per heavy atom. The van der Waals surface area contributed by atoms with Crippen molar-refractivity contribution >= 4 is 17.6 Å². The predicted molar refractivity (Wildman–Crippen MR) is 81.8 cm³/mol. The molecule has 1 saturated carbocycles. The van der Waals surface area contributed by atoms with Gasteiger partial charge in [-0.3, -0.25) is 4.79 Å². The van der Waals surface area contributed by atoms with E-state index in [1.807, 2.05) is 6.07 Å². The molecule has 1 aromatic carbocycles. The van der Waals surface area contributed by atoms with Crippen LogP contribution in [0.1, 0.15) is 79.6 Å². The van der Waals surface area contributed by atoms with Gasteiger partial charge in [-0.25, -0.2) is 0 Å². The Labute approximate surface area is 129 Å². The molecule has 21 heavy (non-hydrogen) atoms. The third-order valence-electron chi connectivity index (χ3n) is 4.99. The molecule has 0 bridgehead atoms. The smallest absolute Gasteiger partial charge is 0.311 e. The van der Waals surface area contributed by atoms with Crippen LogP contribution < -0.4 is 0 Å². The van der Waals surface area contributed by atoms with Crippen molar-refractivity contribution in [3.63, 3.8) is 0 Å². The number of aliphatic hydroxyl groups is 1. The number of fused-ring (bicyclic) bond motifs is 1. The highest BCUT2D eigenvalue weighted by Gasteiger charge is 2.35. The maximum Gasteiger partial charge on any atom is 0.311 e. The first-order valence-corrected chi connectivity index (χ1v) is 8.20. The SMILES string of the molecule is O=C(O)C1CC(O)c2cc(C3CCCCCC3)c(Cl)cc21. The maximum absolute atomic E-state index is 11.3. The summed E-state index contributed by atoms with van der Waals surface area (Å²) in [5.74, 6) is -1.07. The van der Waals surface area contributed by atoms with Crippen molar-refractivity contribution in [2.45, 2.75) is 62.9 Å². The summed E-state index contributed by atoms with van der Waals surface area (Å²) >= 11 is 6.44. The van der Waals surface area contributed by atoms with Crippen LogP contribution in [0.5, 0.6) is 0 Å². The van der Waals surface area contributed by atoms with E-state index < -0.39 is 18.0 Å². The summed E-state index contributed by atoms with van der Waals surface area (Å²) in [5, 5.41) is 20.1. The number of carboxylic acid groups (broad SMARTS) is 1. The average Bonchev–Trinajstić information content (AvgIpc) is 2.65. The second kappa shape index (κ2) is 5.98. The Morgan fingerprint density at radius 3 is 2.33 bits per heavy atom. The van der Waals surface area contributed by atoms with Gasteiger partial charge in [0.05, 0.1) is 12.0 Å². The van der Waals surface area contributed by atoms with Crippen LogP contribution in [-0.2, 0) is 4.79 Å². The van der Waals surface area contributed by atoms with Crippen molar-refractivity contribution < 1.29 is 15.0 Å². The zero-order chi connectivity index (χ0) is 15.0. The number of rotatable bonds is 2. The van der Waals surface area contributed by atoms with E-state index >= 15 is 0 Å². The number of aliphatic hydroxyl groups excluding tert-OH is 1. The molecule has 3 nitrogen and oxygen atoms in total. The zero-order valence-corrected chi connectivity index (χ0v) is 12.8. The molecule has 2 N–H and O–H groups in total. The fourth-order valence-corrected chi connectivity index (χ4v) is 4.15. The van der Waals surface area contributed by atoms with Gasteiger partial charge in [0.25, 0.3) is 0 Å². The summed E-state index contributed by atoms with van der Waals surface area (Å²) in [6.07, 6.45) is 6.86. The van der Waals surface area contributed by atoms with Crippen LogP contribution in [0.3, 0.4) is 0 Å². The van der Waals surface area contributed by atoms with Crippen LogP contribution in [0.2, 0.25) is 5.02 Å². The molecule has 1 aromatic rings. The number of carbonyl (C=O) groups is 1. The van der Waals surface area contributed by atoms with E-state index in [1.54, 1.807) is 6.07 Å². The van der Waals surface area contributed by atoms with Crippen LogP contribution in [0.25, 0.3) is 0 Å². The van der Waals surface area contributed by atoms with E-state index in [2.05, 4.69) is 0 Å². The zero-order valence-electron chi connectivity index (χ0n) is 12.0. The molecule has 2 aliphatic carbocycles. The number of benzene rings is 1. The molecule has 0 heterocycles. The van der Waals surface area contributed by atoms with Crippen LogP contribution in [-0.4, -0.2) is 16.2 Å². The monoisotopic (exact) mass is 308 g/mol. The third-order valence-corrected chi connectivity index (χ3v) is 5.32. The van der Waals surface area contributed by atoms with Crippen LogP contribution in [0, 0.1) is 0 Å². The van der Waals surface area contributed by atoms with Crippen molar-refractivity contribution in [3.8, 4) is 0 Å². The molecule has 0 radical (unpaired) electrons. The minimum absolute atomic E-state index is 0.259. The third kappa shape index (κ3) is 2.82. The van der Waals surface area contributed by atoms with Crippen molar-refractivity contribution in [1.29, 1.82) is 0 Å². The Morgan fingerprint density at radius 1 is 1.05 bits per heavy atom. The van der Waals surface area contributed by atoms with Gasteiger partial charge < -0.3 is 10.2 Å². The first-order chi connectivity index (χ1) is 10.1. The Balaban J connectivity index is 1.97.